The van der Waals surface area contributed by atoms with Gasteiger partial charge in [-0.3, -0.25) is 82.1 Å². The zero-order valence-electron chi connectivity index (χ0n) is 77.9. The Morgan fingerprint density at radius 1 is 0.384 bits per heavy atom. The van der Waals surface area contributed by atoms with Gasteiger partial charge in [-0.2, -0.15) is 0 Å². The number of hydrogen-bond donors (Lipinski definition) is 27. The minimum absolute atomic E-state index is 0.0412. The van der Waals surface area contributed by atoms with E-state index in [9.17, 15) is 78.0 Å². The van der Waals surface area contributed by atoms with Crippen LogP contribution in [0, 0.1) is 17.2 Å². The highest BCUT2D eigenvalue weighted by Gasteiger charge is 2.40. The number of primary amides is 2. The van der Waals surface area contributed by atoms with Crippen LogP contribution in [0.1, 0.15) is 140 Å². The molecule has 138 heavy (non-hydrogen) atoms. The number of aliphatic carboxylic acids is 1. The molecule has 0 unspecified atom stereocenters. The standard InChI is InChI=1S/C94H129N23O21/c1-8-50(4)78(117-90(134)73(44-58-47-103-65-25-15-13-22-62(58)65)115-87(131)70(40-54-19-10-9-11-20-54)114-86(130)71(42-56-29-33-60(120)34-30-56)112-83(127)66(35-36-76(97)121)107-82(126)63(96)23-18-38-101-94(99)100)92(136)106-53(7)81(125)110-72(43-57-46-102-64-24-14-12-21-61(57)64)88(132)113-69(41-55-27-31-59(119)32-28-55)85(129)105-51(5)79(123)109-68(39-49(2)3)84(128)104-52(6)80(124)111-74(45-77(98)122)89(133)116-75(48-118)91(135)108-67(93(137)138)26-16-17-37-95/h9-15,19-22,24-25,27-34,46-47,49-53,63,66-75,78,102-103,118-120H,8,16-18,23,26,35-45,48,95-96H2,1-7H3,(H2,97,121)(H2,98,122)(H,104,128)(H,105,129)(H,106,136)(H,107,126)(H,108,135)(H,109,123)(H,110,125)(H,111,124)(H,112,127)(H,113,132)(H,114,130)(H,115,131)(H,116,133)(H,117,134)(H,137,138)(H4,99,100,101)/t50-,51-,52-,53-,63-,66-,67-,68-,69-,70-,71-,72-,73-,74-,75-,78-/m0/s1. The van der Waals surface area contributed by atoms with Gasteiger partial charge in [-0.05, 0) is 148 Å². The van der Waals surface area contributed by atoms with Crippen molar-refractivity contribution in [2.45, 2.75) is 235 Å². The number of benzene rings is 5. The van der Waals surface area contributed by atoms with E-state index in [1.165, 1.54) is 69.3 Å². The van der Waals surface area contributed by atoms with Crippen LogP contribution >= 0.6 is 0 Å². The Morgan fingerprint density at radius 2 is 0.761 bits per heavy atom. The zero-order valence-corrected chi connectivity index (χ0v) is 77.9. The van der Waals surface area contributed by atoms with E-state index >= 15 is 24.0 Å². The molecule has 2 aromatic heterocycles. The first kappa shape index (κ1) is 110. The number of phenolic OH excluding ortho intramolecular Hbond substituents is 2. The van der Waals surface area contributed by atoms with Crippen molar-refractivity contribution in [2.24, 2.45) is 40.5 Å². The summed E-state index contributed by atoms with van der Waals surface area (Å²) in [6.45, 7) is 9.98. The number of H-pyrrole nitrogens is 2. The number of aromatic hydroxyl groups is 2. The Kier molecular flexibility index (Phi) is 43.4. The van der Waals surface area contributed by atoms with Crippen LogP contribution in [0.15, 0.2) is 140 Å². The number of amides is 16. The number of nitrogens with two attached hydrogens (primary N) is 5. The highest BCUT2D eigenvalue weighted by atomic mass is 16.4. The number of carboxylic acids is 1. The van der Waals surface area contributed by atoms with E-state index in [-0.39, 0.29) is 107 Å². The third-order valence-corrected chi connectivity index (χ3v) is 22.9. The van der Waals surface area contributed by atoms with Gasteiger partial charge in [-0.25, -0.2) is 4.79 Å². The molecule has 7 rings (SSSR count). The lowest BCUT2D eigenvalue weighted by Crippen LogP contribution is -2.62. The van der Waals surface area contributed by atoms with Crippen LogP contribution in [-0.2, 0) is 114 Å². The molecule has 0 fully saturated rings. The minimum atomic E-state index is -1.81. The first-order chi connectivity index (χ1) is 65.5. The second kappa shape index (κ2) is 54.5. The fraction of sp³-hybridized carbons (Fsp3) is 0.447. The molecule has 0 aliphatic carbocycles. The number of nitrogens with one attached hydrogen (secondary N) is 18. The lowest BCUT2D eigenvalue weighted by atomic mass is 9.96. The summed E-state index contributed by atoms with van der Waals surface area (Å²) in [5.41, 5.74) is 31.7. The average molecular weight is 1920 g/mol. The molecule has 32 N–H and O–H groups in total. The quantitative estimate of drug-likeness (QED) is 0.0106. The smallest absolute Gasteiger partial charge is 0.326 e. The summed E-state index contributed by atoms with van der Waals surface area (Å²) in [5.74, 6) is -18.6. The van der Waals surface area contributed by atoms with Gasteiger partial charge < -0.3 is 139 Å². The van der Waals surface area contributed by atoms with Crippen molar-refractivity contribution in [1.82, 2.24) is 89.7 Å². The van der Waals surface area contributed by atoms with E-state index in [0.717, 1.165) is 0 Å². The molecule has 16 amide bonds. The van der Waals surface area contributed by atoms with Crippen LogP contribution in [0.25, 0.3) is 21.8 Å². The summed E-state index contributed by atoms with van der Waals surface area (Å²) in [4.78, 5) is 246. The number of carbonyl (C=O) groups is 17. The fourth-order valence-corrected chi connectivity index (χ4v) is 14.8. The third-order valence-electron chi connectivity index (χ3n) is 22.9. The van der Waals surface area contributed by atoms with E-state index in [0.29, 0.717) is 62.5 Å². The first-order valence-corrected chi connectivity index (χ1v) is 45.4. The summed E-state index contributed by atoms with van der Waals surface area (Å²) in [7, 11) is 0. The molecule has 2 heterocycles. The number of fused-ring (bicyclic) bond motifs is 2. The minimum Gasteiger partial charge on any atom is -0.508 e. The molecule has 44 heteroatoms. The van der Waals surface area contributed by atoms with Gasteiger partial charge in [0.25, 0.3) is 0 Å². The van der Waals surface area contributed by atoms with Gasteiger partial charge in [0.2, 0.25) is 94.5 Å². The van der Waals surface area contributed by atoms with Crippen molar-refractivity contribution < 1.29 is 102 Å². The largest absolute Gasteiger partial charge is 0.508 e. The molecule has 16 atom stereocenters. The maximum atomic E-state index is 15.4. The molecule has 0 saturated carbocycles. The van der Waals surface area contributed by atoms with Gasteiger partial charge in [-0.15, -0.1) is 0 Å². The van der Waals surface area contributed by atoms with Crippen LogP contribution in [0.2, 0.25) is 0 Å². The zero-order chi connectivity index (χ0) is 102. The van der Waals surface area contributed by atoms with Crippen molar-refractivity contribution in [3.63, 3.8) is 0 Å². The highest BCUT2D eigenvalue weighted by Crippen LogP contribution is 2.24. The number of aliphatic hydroxyl groups excluding tert-OH is 1. The number of hydrogen-bond acceptors (Lipinski definition) is 23. The molecule has 0 aliphatic rings. The van der Waals surface area contributed by atoms with Gasteiger partial charge in [0.05, 0.1) is 19.1 Å². The summed E-state index contributed by atoms with van der Waals surface area (Å²) in [6.07, 6.45) is 1.54. The number of rotatable bonds is 57. The summed E-state index contributed by atoms with van der Waals surface area (Å²) >= 11 is 0. The molecule has 0 spiro atoms. The Morgan fingerprint density at radius 3 is 1.20 bits per heavy atom. The van der Waals surface area contributed by atoms with Crippen molar-refractivity contribution in [3.05, 3.63) is 168 Å². The lowest BCUT2D eigenvalue weighted by molar-refractivity contribution is -0.143. The van der Waals surface area contributed by atoms with Crippen LogP contribution in [0.3, 0.4) is 0 Å². The molecule has 0 aliphatic heterocycles. The number of aromatic amines is 2. The molecule has 746 valence electrons. The number of para-hydroxylation sites is 2. The van der Waals surface area contributed by atoms with Gasteiger partial charge in [0.15, 0.2) is 5.96 Å². The number of carboxylic acid groups (broad SMARTS) is 1. The predicted octanol–water partition coefficient (Wildman–Crippen LogP) is -2.55. The van der Waals surface area contributed by atoms with Crippen molar-refractivity contribution in [3.8, 4) is 11.5 Å². The van der Waals surface area contributed by atoms with Gasteiger partial charge in [0, 0.05) is 79.3 Å². The second-order valence-electron chi connectivity index (χ2n) is 34.4. The highest BCUT2D eigenvalue weighted by molar-refractivity contribution is 6.02. The molecule has 44 nitrogen and oxygen atoms in total. The van der Waals surface area contributed by atoms with Crippen LogP contribution in [-0.4, -0.2) is 247 Å². The van der Waals surface area contributed by atoms with Gasteiger partial charge >= 0.3 is 5.97 Å². The third kappa shape index (κ3) is 35.3. The van der Waals surface area contributed by atoms with E-state index in [2.05, 4.69) is 89.7 Å². The molecular formula is C94H129N23O21. The van der Waals surface area contributed by atoms with Gasteiger partial charge in [0.1, 0.15) is 96.1 Å². The van der Waals surface area contributed by atoms with Crippen molar-refractivity contribution in [2.75, 3.05) is 19.7 Å². The SMILES string of the molecule is CC[C@H](C)[C@H](NC(=O)[C@H](Cc1c[nH]c2ccccc12)NC(=O)[C@H](Cc1ccccc1)NC(=O)[C@H](Cc1ccc(O)cc1)NC(=O)[C@H](CCC(N)=O)NC(=O)[C@@H](N)CCCNC(=N)N)C(=O)N[C@@H](C)C(=O)N[C@@H](Cc1c[nH]c2ccccc12)C(=O)N[C@@H](Cc1ccc(O)cc1)C(=O)N[C@@H](C)C(=O)N[C@@H](CC(C)C)C(=O)N[C@@H](C)C(=O)N[C@@H](CC(N)=O)C(=O)N[C@@H](CO)C(=O)N[C@@H](CCCCN)C(=O)O. The summed E-state index contributed by atoms with van der Waals surface area (Å²) in [6, 6.07) is 10.7. The topological polar surface area (TPSA) is 737 Å². The van der Waals surface area contributed by atoms with Crippen LogP contribution in [0.4, 0.5) is 0 Å². The summed E-state index contributed by atoms with van der Waals surface area (Å²) < 4.78 is 0. The maximum Gasteiger partial charge on any atom is 0.326 e. The van der Waals surface area contributed by atoms with E-state index in [1.807, 2.05) is 0 Å². The molecular weight excluding hydrogens is 1790 g/mol. The number of phenols is 2. The first-order valence-electron chi connectivity index (χ1n) is 45.4. The molecule has 5 aromatic carbocycles. The number of aliphatic hydroxyl groups is 1. The monoisotopic (exact) mass is 1920 g/mol. The van der Waals surface area contributed by atoms with E-state index in [4.69, 9.17) is 34.1 Å². The Balaban J connectivity index is 1.11. The molecule has 0 bridgehead atoms. The average Bonchev–Trinajstić information content (AvgIpc) is 1.67. The van der Waals surface area contributed by atoms with E-state index < -0.39 is 216 Å². The number of carbonyl (C=O) groups excluding carboxylic acids is 16. The van der Waals surface area contributed by atoms with Crippen LogP contribution in [0.5, 0.6) is 11.5 Å². The fourth-order valence-electron chi connectivity index (χ4n) is 14.8. The van der Waals surface area contributed by atoms with Gasteiger partial charge in [-0.1, -0.05) is 125 Å². The molecule has 0 radical (unpaired) electrons. The van der Waals surface area contributed by atoms with E-state index in [1.54, 1.807) is 119 Å². The van der Waals surface area contributed by atoms with Crippen molar-refractivity contribution >= 4 is 128 Å². The van der Waals surface area contributed by atoms with Crippen molar-refractivity contribution in [1.29, 1.82) is 5.41 Å². The lowest BCUT2D eigenvalue weighted by Gasteiger charge is -2.29. The predicted molar refractivity (Wildman–Crippen MR) is 508 cm³/mol. The second-order valence-corrected chi connectivity index (χ2v) is 34.4. The maximum absolute atomic E-state index is 15.4. The normalized spacial score (nSPS) is 14.7. The van der Waals surface area contributed by atoms with Crippen LogP contribution < -0.4 is 108 Å². The Labute approximate surface area is 796 Å². The number of unbranched alkanes of at least 4 members (excludes halogenated alkanes) is 1. The summed E-state index contributed by atoms with van der Waals surface area (Å²) in [5, 5.41) is 87.6. The Bertz CT molecular complexity index is 5390. The number of aromatic nitrogens is 2. The number of guanidine groups is 1. The Hall–Kier alpha value is -15.1. The molecule has 0 saturated heterocycles. The molecule has 7 aromatic rings.